The van der Waals surface area contributed by atoms with E-state index in [2.05, 4.69) is 9.80 Å². The Kier molecular flexibility index (Phi) is 15.8. The molecule has 3 heteroatoms. The summed E-state index contributed by atoms with van der Waals surface area (Å²) in [7, 11) is 0. The average Bonchev–Trinajstić information content (AvgIpc) is 3.22. The molecule has 0 spiro atoms. The van der Waals surface area contributed by atoms with Gasteiger partial charge in [0.05, 0.1) is 0 Å². The zero-order chi connectivity index (χ0) is 33.8. The van der Waals surface area contributed by atoms with Crippen LogP contribution in [0.3, 0.4) is 0 Å². The van der Waals surface area contributed by atoms with Gasteiger partial charge in [-0.05, 0) is 69.4 Å². The van der Waals surface area contributed by atoms with E-state index >= 15 is 0 Å². The van der Waals surface area contributed by atoms with Gasteiger partial charge in [0.25, 0.3) is 0 Å². The maximum absolute atomic E-state index is 3.53. The lowest BCUT2D eigenvalue weighted by atomic mass is 9.22. The molecule has 0 aromatic heterocycles. The van der Waals surface area contributed by atoms with E-state index in [1.165, 1.54) is 193 Å². The fraction of sp³-hybridized carbons (Fsp3) is 1.00. The molecule has 2 bridgehead atoms. The van der Waals surface area contributed by atoms with Crippen molar-refractivity contribution < 1.29 is 0 Å². The molecular formula is C47H85BN2. The van der Waals surface area contributed by atoms with Crippen molar-refractivity contribution in [3.63, 3.8) is 0 Å². The third-order valence-corrected chi connectivity index (χ3v) is 16.7. The van der Waals surface area contributed by atoms with Gasteiger partial charge in [-0.15, -0.1) is 0 Å². The number of rotatable bonds is 2. The highest BCUT2D eigenvalue weighted by molar-refractivity contribution is 6.64. The molecule has 7 rings (SSSR count). The van der Waals surface area contributed by atoms with Gasteiger partial charge >= 0.3 is 0 Å². The average molecular weight is 689 g/mol. The molecule has 0 amide bonds. The summed E-state index contributed by atoms with van der Waals surface area (Å²) in [6.45, 7) is 1.02. The summed E-state index contributed by atoms with van der Waals surface area (Å²) >= 11 is 0. The van der Waals surface area contributed by atoms with Crippen molar-refractivity contribution in [2.24, 2.45) is 0 Å². The van der Waals surface area contributed by atoms with Gasteiger partial charge in [-0.3, -0.25) is 9.80 Å². The van der Waals surface area contributed by atoms with Gasteiger partial charge in [-0.1, -0.05) is 192 Å². The monoisotopic (exact) mass is 689 g/mol. The summed E-state index contributed by atoms with van der Waals surface area (Å²) in [6, 6.07) is 5.30. The first-order valence-electron chi connectivity index (χ1n) is 24.4. The lowest BCUT2D eigenvalue weighted by Crippen LogP contribution is -2.65. The van der Waals surface area contributed by atoms with E-state index in [0.717, 1.165) is 60.4 Å². The minimum atomic E-state index is 0.871. The topological polar surface area (TPSA) is 6.48 Å². The number of nitrogens with zero attached hydrogens (tertiary/aromatic N) is 2. The van der Waals surface area contributed by atoms with Gasteiger partial charge in [0.15, 0.2) is 6.71 Å². The Morgan fingerprint density at radius 1 is 0.280 bits per heavy atom. The Labute approximate surface area is 313 Å². The molecule has 286 valence electrons. The predicted octanol–water partition coefficient (Wildman–Crippen LogP) is 14.3. The number of fused-ring (bicyclic) bond motifs is 5. The van der Waals surface area contributed by atoms with Crippen LogP contribution in [0.5, 0.6) is 0 Å². The molecule has 0 radical (unpaired) electrons. The molecule has 7 atom stereocenters. The smallest absolute Gasteiger partial charge is 0.155 e. The van der Waals surface area contributed by atoms with Crippen molar-refractivity contribution in [2.45, 2.75) is 298 Å². The minimum Gasteiger partial charge on any atom is -0.295 e. The molecule has 0 aromatic rings. The highest BCUT2D eigenvalue weighted by Gasteiger charge is 2.59. The SMILES string of the molecule is C1CCCC(N2C3CCCCCCCC(C3)B3C4CCCCCCCC4N(C4CCCCCCCC4)C4CCCCCCCCC2C34)CCC1. The molecule has 0 N–H and O–H groups in total. The van der Waals surface area contributed by atoms with E-state index in [0.29, 0.717) is 0 Å². The summed E-state index contributed by atoms with van der Waals surface area (Å²) in [5.41, 5.74) is 0. The molecule has 5 aliphatic carbocycles. The van der Waals surface area contributed by atoms with Crippen molar-refractivity contribution in [3.8, 4) is 0 Å². The second-order valence-corrected chi connectivity index (χ2v) is 19.8. The van der Waals surface area contributed by atoms with Crippen LogP contribution in [-0.4, -0.2) is 52.8 Å². The number of hydrogen-bond acceptors (Lipinski definition) is 2. The standard InChI is InChI=1S/C47H85BN2/c1-2-10-22-32-41(31-21-9-1)50-44-35-25-17-7-14-24-34-43(44)48-39-28-18-8-5-13-23-33-42(38-39)49(40-29-19-11-6-12-20-30-40)45-36-26-15-3-4-16-27-37-46(50)47(45)48/h39-47H,1-38H2. The van der Waals surface area contributed by atoms with Crippen LogP contribution in [0, 0.1) is 0 Å². The Balaban J connectivity index is 1.37. The van der Waals surface area contributed by atoms with Crippen LogP contribution in [0.2, 0.25) is 17.5 Å². The fourth-order valence-corrected chi connectivity index (χ4v) is 14.5. The third-order valence-electron chi connectivity index (χ3n) is 16.7. The molecule has 2 nitrogen and oxygen atoms in total. The van der Waals surface area contributed by atoms with Crippen LogP contribution in [0.15, 0.2) is 0 Å². The largest absolute Gasteiger partial charge is 0.295 e. The normalized spacial score (nSPS) is 38.4. The summed E-state index contributed by atoms with van der Waals surface area (Å²) in [4.78, 5) is 7.03. The molecular weight excluding hydrogens is 603 g/mol. The van der Waals surface area contributed by atoms with Gasteiger partial charge in [0.2, 0.25) is 0 Å². The molecule has 7 aliphatic rings. The minimum absolute atomic E-state index is 0.871. The van der Waals surface area contributed by atoms with Gasteiger partial charge < -0.3 is 0 Å². The molecule has 7 unspecified atom stereocenters. The van der Waals surface area contributed by atoms with E-state index in [4.69, 9.17) is 0 Å². The molecule has 50 heavy (non-hydrogen) atoms. The van der Waals surface area contributed by atoms with E-state index < -0.39 is 0 Å². The summed E-state index contributed by atoms with van der Waals surface area (Å²) in [6.07, 6.45) is 58.0. The third kappa shape index (κ3) is 9.80. The summed E-state index contributed by atoms with van der Waals surface area (Å²) in [5, 5.41) is 0. The Morgan fingerprint density at radius 3 is 1.12 bits per heavy atom. The van der Waals surface area contributed by atoms with E-state index in [1.54, 1.807) is 51.4 Å². The zero-order valence-corrected chi connectivity index (χ0v) is 33.5. The van der Waals surface area contributed by atoms with Crippen LogP contribution >= 0.6 is 0 Å². The van der Waals surface area contributed by atoms with Crippen LogP contribution in [0.25, 0.3) is 0 Å². The van der Waals surface area contributed by atoms with E-state index in [9.17, 15) is 0 Å². The van der Waals surface area contributed by atoms with Crippen LogP contribution in [0.1, 0.15) is 244 Å². The van der Waals surface area contributed by atoms with Crippen molar-refractivity contribution >= 4 is 6.71 Å². The maximum atomic E-state index is 3.53. The van der Waals surface area contributed by atoms with E-state index in [1.807, 2.05) is 0 Å². The highest BCUT2D eigenvalue weighted by atomic mass is 15.3. The Hall–Kier alpha value is -0.0151. The summed E-state index contributed by atoms with van der Waals surface area (Å²) < 4.78 is 0. The van der Waals surface area contributed by atoms with Gasteiger partial charge in [0.1, 0.15) is 0 Å². The van der Waals surface area contributed by atoms with Crippen LogP contribution < -0.4 is 0 Å². The first-order chi connectivity index (χ1) is 24.9. The quantitative estimate of drug-likeness (QED) is 0.267. The van der Waals surface area contributed by atoms with Crippen molar-refractivity contribution in [2.75, 3.05) is 0 Å². The highest BCUT2D eigenvalue weighted by Crippen LogP contribution is 2.58. The van der Waals surface area contributed by atoms with Gasteiger partial charge in [-0.25, -0.2) is 0 Å². The fourth-order valence-electron chi connectivity index (χ4n) is 14.5. The number of hydrogen-bond donors (Lipinski definition) is 0. The first-order valence-corrected chi connectivity index (χ1v) is 24.4. The zero-order valence-electron chi connectivity index (χ0n) is 33.5. The van der Waals surface area contributed by atoms with E-state index in [-0.39, 0.29) is 0 Å². The molecule has 0 aromatic carbocycles. The molecule has 2 heterocycles. The first kappa shape index (κ1) is 38.3. The molecule has 2 saturated heterocycles. The maximum Gasteiger partial charge on any atom is 0.155 e. The predicted molar refractivity (Wildman–Crippen MR) is 219 cm³/mol. The Bertz CT molecular complexity index is 920. The molecule has 5 saturated carbocycles. The van der Waals surface area contributed by atoms with Gasteiger partial charge in [0, 0.05) is 36.3 Å². The van der Waals surface area contributed by atoms with Crippen molar-refractivity contribution in [3.05, 3.63) is 0 Å². The lowest BCUT2D eigenvalue weighted by Gasteiger charge is -2.60. The van der Waals surface area contributed by atoms with Crippen LogP contribution in [0.4, 0.5) is 0 Å². The van der Waals surface area contributed by atoms with Crippen molar-refractivity contribution in [1.29, 1.82) is 0 Å². The second kappa shape index (κ2) is 20.6. The second-order valence-electron chi connectivity index (χ2n) is 19.8. The van der Waals surface area contributed by atoms with Gasteiger partial charge in [-0.2, -0.15) is 0 Å². The lowest BCUT2D eigenvalue weighted by molar-refractivity contribution is -0.00755. The summed E-state index contributed by atoms with van der Waals surface area (Å²) in [5.74, 6) is 2.94. The molecule has 2 aliphatic heterocycles. The van der Waals surface area contributed by atoms with Crippen LogP contribution in [-0.2, 0) is 0 Å². The Morgan fingerprint density at radius 2 is 0.620 bits per heavy atom. The van der Waals surface area contributed by atoms with Crippen molar-refractivity contribution in [1.82, 2.24) is 9.80 Å². The molecule has 7 fully saturated rings.